The van der Waals surface area contributed by atoms with E-state index in [1.165, 1.54) is 0 Å². The summed E-state index contributed by atoms with van der Waals surface area (Å²) in [4.78, 5) is 9.70. The highest BCUT2D eigenvalue weighted by Crippen LogP contribution is 2.29. The summed E-state index contributed by atoms with van der Waals surface area (Å²) in [5.74, 6) is 0.304. The molecule has 0 atom stereocenters. The summed E-state index contributed by atoms with van der Waals surface area (Å²) in [6.07, 6.45) is 2.43. The van der Waals surface area contributed by atoms with Gasteiger partial charge in [-0.3, -0.25) is 4.99 Å². The molecule has 1 heterocycles. The molecule has 0 amide bonds. The molecule has 0 fully saturated rings. The zero-order chi connectivity index (χ0) is 18.2. The van der Waals surface area contributed by atoms with Gasteiger partial charge < -0.3 is 20.7 Å². The third kappa shape index (κ3) is 4.61. The number of para-hydroxylation sites is 1. The van der Waals surface area contributed by atoms with E-state index < -0.39 is 0 Å². The predicted octanol–water partition coefficient (Wildman–Crippen LogP) is 2.87. The van der Waals surface area contributed by atoms with E-state index in [1.807, 2.05) is 24.3 Å². The molecule has 0 unspecified atom stereocenters. The first kappa shape index (κ1) is 18.6. The highest BCUT2D eigenvalue weighted by molar-refractivity contribution is 6.05. The van der Waals surface area contributed by atoms with Crippen LogP contribution >= 0.6 is 0 Å². The van der Waals surface area contributed by atoms with E-state index in [4.69, 9.17) is 5.73 Å². The standard InChI is InChI=1S/C19H25N5O/c1-3-24(4-2)11-7-10-22-19(21)14(13-20)12-17-18(25)15-8-5-6-9-16(15)23-17/h5-6,8-9,12,23,25H,3-4,7,10-11H2,1-2H3,(H2,21,22)/b14-12+. The number of amidine groups is 1. The second-order valence-corrected chi connectivity index (χ2v) is 5.75. The number of benzene rings is 1. The number of aromatic nitrogens is 1. The van der Waals surface area contributed by atoms with Crippen LogP contribution in [0.1, 0.15) is 26.0 Å². The number of aliphatic imine (C=N–C) groups is 1. The Balaban J connectivity index is 2.12. The largest absolute Gasteiger partial charge is 0.505 e. The lowest BCUT2D eigenvalue weighted by molar-refractivity contribution is 0.302. The van der Waals surface area contributed by atoms with Crippen molar-refractivity contribution in [3.8, 4) is 11.8 Å². The zero-order valence-corrected chi connectivity index (χ0v) is 14.8. The molecule has 0 radical (unpaired) electrons. The molecular formula is C19H25N5O. The Kier molecular flexibility index (Phi) is 6.61. The maximum absolute atomic E-state index is 10.3. The summed E-state index contributed by atoms with van der Waals surface area (Å²) in [6, 6.07) is 9.46. The zero-order valence-electron chi connectivity index (χ0n) is 14.8. The summed E-state index contributed by atoms with van der Waals surface area (Å²) < 4.78 is 0. The third-order valence-electron chi connectivity index (χ3n) is 4.20. The highest BCUT2D eigenvalue weighted by Gasteiger charge is 2.10. The number of hydrogen-bond acceptors (Lipinski definition) is 4. The molecule has 0 aliphatic carbocycles. The van der Waals surface area contributed by atoms with Crippen molar-refractivity contribution in [3.05, 3.63) is 35.5 Å². The fourth-order valence-corrected chi connectivity index (χ4v) is 2.68. The number of nitriles is 1. The first-order chi connectivity index (χ1) is 12.1. The maximum Gasteiger partial charge on any atom is 0.148 e. The van der Waals surface area contributed by atoms with Crippen molar-refractivity contribution in [2.24, 2.45) is 10.7 Å². The average Bonchev–Trinajstić information content (AvgIpc) is 2.95. The fourth-order valence-electron chi connectivity index (χ4n) is 2.68. The van der Waals surface area contributed by atoms with Gasteiger partial charge in [-0.2, -0.15) is 5.26 Å². The lowest BCUT2D eigenvalue weighted by Crippen LogP contribution is -2.24. The molecule has 1 aromatic carbocycles. The topological polar surface area (TPSA) is 101 Å². The first-order valence-corrected chi connectivity index (χ1v) is 8.54. The van der Waals surface area contributed by atoms with Crippen LogP contribution in [0.5, 0.6) is 5.75 Å². The van der Waals surface area contributed by atoms with Gasteiger partial charge in [0.15, 0.2) is 0 Å². The molecule has 2 aromatic rings. The van der Waals surface area contributed by atoms with Crippen molar-refractivity contribution < 1.29 is 5.11 Å². The molecule has 0 saturated heterocycles. The quantitative estimate of drug-likeness (QED) is 0.298. The van der Waals surface area contributed by atoms with Gasteiger partial charge in [0.05, 0.1) is 11.3 Å². The molecule has 1 aromatic heterocycles. The van der Waals surface area contributed by atoms with Gasteiger partial charge in [-0.15, -0.1) is 0 Å². The summed E-state index contributed by atoms with van der Waals surface area (Å²) in [5.41, 5.74) is 7.45. The van der Waals surface area contributed by atoms with E-state index in [0.717, 1.165) is 31.6 Å². The van der Waals surface area contributed by atoms with Gasteiger partial charge in [0, 0.05) is 17.4 Å². The molecule has 25 heavy (non-hydrogen) atoms. The van der Waals surface area contributed by atoms with E-state index in [0.29, 0.717) is 17.6 Å². The van der Waals surface area contributed by atoms with Crippen LogP contribution in [0.4, 0.5) is 0 Å². The molecule has 0 aliphatic rings. The minimum absolute atomic E-state index is 0.109. The number of fused-ring (bicyclic) bond motifs is 1. The van der Waals surface area contributed by atoms with Crippen LogP contribution in [0.25, 0.3) is 17.0 Å². The van der Waals surface area contributed by atoms with Crippen molar-refractivity contribution in [2.75, 3.05) is 26.2 Å². The number of rotatable bonds is 8. The number of aromatic hydroxyl groups is 1. The number of aromatic amines is 1. The lowest BCUT2D eigenvalue weighted by Gasteiger charge is -2.16. The van der Waals surface area contributed by atoms with Gasteiger partial charge in [0.25, 0.3) is 0 Å². The summed E-state index contributed by atoms with van der Waals surface area (Å²) in [5, 5.41) is 20.3. The monoisotopic (exact) mass is 339 g/mol. The molecule has 0 bridgehead atoms. The Morgan fingerprint density at radius 1 is 1.36 bits per heavy atom. The summed E-state index contributed by atoms with van der Waals surface area (Å²) >= 11 is 0. The van der Waals surface area contributed by atoms with Gasteiger partial charge in [0.2, 0.25) is 0 Å². The maximum atomic E-state index is 10.3. The molecule has 0 aliphatic heterocycles. The third-order valence-corrected chi connectivity index (χ3v) is 4.20. The van der Waals surface area contributed by atoms with Gasteiger partial charge in [-0.1, -0.05) is 26.0 Å². The molecule has 2 rings (SSSR count). The van der Waals surface area contributed by atoms with Gasteiger partial charge >= 0.3 is 0 Å². The van der Waals surface area contributed by atoms with Gasteiger partial charge in [-0.25, -0.2) is 0 Å². The fraction of sp³-hybridized carbons (Fsp3) is 0.368. The minimum Gasteiger partial charge on any atom is -0.505 e. The molecule has 6 heteroatoms. The van der Waals surface area contributed by atoms with E-state index in [-0.39, 0.29) is 17.2 Å². The second kappa shape index (κ2) is 8.90. The Morgan fingerprint density at radius 3 is 2.72 bits per heavy atom. The molecule has 0 spiro atoms. The predicted molar refractivity (Wildman–Crippen MR) is 102 cm³/mol. The van der Waals surface area contributed by atoms with Crippen LogP contribution in [-0.4, -0.2) is 47.0 Å². The van der Waals surface area contributed by atoms with Crippen molar-refractivity contribution in [3.63, 3.8) is 0 Å². The van der Waals surface area contributed by atoms with Crippen molar-refractivity contribution in [2.45, 2.75) is 20.3 Å². The first-order valence-electron chi connectivity index (χ1n) is 8.54. The molecule has 132 valence electrons. The Morgan fingerprint density at radius 2 is 2.08 bits per heavy atom. The van der Waals surface area contributed by atoms with Crippen molar-refractivity contribution >= 4 is 22.8 Å². The van der Waals surface area contributed by atoms with Crippen molar-refractivity contribution in [1.82, 2.24) is 9.88 Å². The Bertz CT molecular complexity index is 809. The second-order valence-electron chi connectivity index (χ2n) is 5.75. The number of hydrogen-bond donors (Lipinski definition) is 3. The van der Waals surface area contributed by atoms with Crippen LogP contribution in [0.2, 0.25) is 0 Å². The molecule has 4 N–H and O–H groups in total. The van der Waals surface area contributed by atoms with E-state index in [1.54, 1.807) is 6.08 Å². The van der Waals surface area contributed by atoms with Gasteiger partial charge in [0.1, 0.15) is 17.7 Å². The van der Waals surface area contributed by atoms with E-state index >= 15 is 0 Å². The smallest absolute Gasteiger partial charge is 0.148 e. The SMILES string of the molecule is CCN(CC)CCCN=C(N)/C(C#N)=C/c1[nH]c2ccccc2c1O. The molecule has 6 nitrogen and oxygen atoms in total. The number of nitrogens with one attached hydrogen (secondary N) is 1. The van der Waals surface area contributed by atoms with Gasteiger partial charge in [-0.05, 0) is 44.3 Å². The normalized spacial score (nSPS) is 12.7. The molecular weight excluding hydrogens is 314 g/mol. The van der Waals surface area contributed by atoms with Crippen LogP contribution in [0.3, 0.4) is 0 Å². The lowest BCUT2D eigenvalue weighted by atomic mass is 10.2. The highest BCUT2D eigenvalue weighted by atomic mass is 16.3. The summed E-state index contributed by atoms with van der Waals surface area (Å²) in [7, 11) is 0. The van der Waals surface area contributed by atoms with Crippen LogP contribution in [-0.2, 0) is 0 Å². The van der Waals surface area contributed by atoms with Crippen LogP contribution in [0, 0.1) is 11.3 Å². The minimum atomic E-state index is 0.109. The van der Waals surface area contributed by atoms with E-state index in [2.05, 4.69) is 34.8 Å². The number of nitrogens with two attached hydrogens (primary N) is 1. The summed E-state index contributed by atoms with van der Waals surface area (Å²) in [6.45, 7) is 7.81. The van der Waals surface area contributed by atoms with Crippen LogP contribution < -0.4 is 5.73 Å². The van der Waals surface area contributed by atoms with Crippen LogP contribution in [0.15, 0.2) is 34.8 Å². The number of nitrogens with zero attached hydrogens (tertiary/aromatic N) is 3. The Hall–Kier alpha value is -2.78. The van der Waals surface area contributed by atoms with Crippen molar-refractivity contribution in [1.29, 1.82) is 5.26 Å². The van der Waals surface area contributed by atoms with E-state index in [9.17, 15) is 10.4 Å². The number of H-pyrrole nitrogens is 1. The molecule has 0 saturated carbocycles. The Labute approximate surface area is 148 Å². The average molecular weight is 339 g/mol.